The van der Waals surface area contributed by atoms with Crippen LogP contribution in [-0.4, -0.2) is 62.1 Å². The Labute approximate surface area is 469 Å². The highest BCUT2D eigenvalue weighted by Gasteiger charge is 2.38. The number of ether oxygens (including phenoxy) is 3. The van der Waals surface area contributed by atoms with Gasteiger partial charge >= 0.3 is 54.7 Å². The van der Waals surface area contributed by atoms with Gasteiger partial charge in [-0.25, -0.2) is 24.0 Å². The van der Waals surface area contributed by atoms with E-state index in [0.717, 1.165) is 48.5 Å². The summed E-state index contributed by atoms with van der Waals surface area (Å²) in [7, 11) is 0. The van der Waals surface area contributed by atoms with E-state index in [2.05, 4.69) is 21.2 Å². The van der Waals surface area contributed by atoms with E-state index in [1.807, 2.05) is 0 Å². The van der Waals surface area contributed by atoms with Crippen molar-refractivity contribution in [2.45, 2.75) is 169 Å². The molecular formula is C55H67BrF12N2O11. The molecule has 26 heteroatoms. The van der Waals surface area contributed by atoms with Crippen molar-refractivity contribution >= 4 is 45.9 Å². The third kappa shape index (κ3) is 26.4. The van der Waals surface area contributed by atoms with E-state index >= 15 is 0 Å². The highest BCUT2D eigenvalue weighted by atomic mass is 79.9. The number of hydrogen-bond donors (Lipinski definition) is 5. The summed E-state index contributed by atoms with van der Waals surface area (Å²) in [5, 5.41) is 30.1. The SMILES string of the molecule is C.CC(C)(C)OC(=O)NC(C)(C)c1cc(C(=O)O)cc(C(F)(F)F)c1.CC(C)(C)OC(=O)c1cc(Br)cc(C(F)(F)F)c1.CC(C)(C)OC(=O)c1cc(C(C)(C)O)cc(C(F)(F)F)c1.CC(C)(N)c1cc(C(=O)O)cc(C(F)(F)F)c1. The maximum Gasteiger partial charge on any atom is 0.416 e. The van der Waals surface area contributed by atoms with Crippen LogP contribution in [0.15, 0.2) is 77.3 Å². The zero-order valence-corrected chi connectivity index (χ0v) is 47.6. The lowest BCUT2D eigenvalue weighted by molar-refractivity contribution is -0.138. The first-order valence-electron chi connectivity index (χ1n) is 23.3. The minimum absolute atomic E-state index is 0. The predicted octanol–water partition coefficient (Wildman–Crippen LogP) is 15.7. The first-order chi connectivity index (χ1) is 35.3. The van der Waals surface area contributed by atoms with Crippen molar-refractivity contribution < 1.29 is 106 Å². The van der Waals surface area contributed by atoms with Crippen molar-refractivity contribution in [2.24, 2.45) is 5.73 Å². The van der Waals surface area contributed by atoms with Gasteiger partial charge < -0.3 is 40.6 Å². The number of carbonyl (C=O) groups is 5. The molecule has 0 bridgehead atoms. The van der Waals surface area contributed by atoms with Gasteiger partial charge in [-0.05, 0) is 193 Å². The number of alkyl carbamates (subject to hydrolysis) is 1. The fraction of sp³-hybridized carbons (Fsp3) is 0.473. The molecule has 4 rings (SSSR count). The summed E-state index contributed by atoms with van der Waals surface area (Å²) >= 11 is 2.95. The van der Waals surface area contributed by atoms with Crippen LogP contribution in [0.4, 0.5) is 57.5 Å². The fourth-order valence-corrected chi connectivity index (χ4v) is 6.49. The minimum Gasteiger partial charge on any atom is -0.478 e. The Hall–Kier alpha value is -6.41. The van der Waals surface area contributed by atoms with Crippen LogP contribution in [0.25, 0.3) is 0 Å². The second-order valence-corrected chi connectivity index (χ2v) is 23.2. The summed E-state index contributed by atoms with van der Waals surface area (Å²) < 4.78 is 168. The van der Waals surface area contributed by atoms with Crippen molar-refractivity contribution in [3.8, 4) is 0 Å². The molecule has 0 radical (unpaired) electrons. The molecule has 0 aliphatic carbocycles. The quantitative estimate of drug-likeness (QED) is 0.0634. The average Bonchev–Trinajstić information content (AvgIpc) is 3.22. The van der Waals surface area contributed by atoms with E-state index < -0.39 is 122 Å². The number of alkyl halides is 12. The summed E-state index contributed by atoms with van der Waals surface area (Å²) in [6.45, 7) is 23.4. The molecule has 0 saturated carbocycles. The molecule has 0 heterocycles. The Balaban J connectivity index is 0.00000106. The molecule has 454 valence electrons. The van der Waals surface area contributed by atoms with Crippen LogP contribution in [0.2, 0.25) is 0 Å². The number of amides is 1. The largest absolute Gasteiger partial charge is 0.478 e. The topological polar surface area (TPSA) is 212 Å². The van der Waals surface area contributed by atoms with Gasteiger partial charge in [0.05, 0.1) is 55.6 Å². The van der Waals surface area contributed by atoms with Crippen LogP contribution in [0.1, 0.15) is 192 Å². The lowest BCUT2D eigenvalue weighted by Crippen LogP contribution is -2.44. The van der Waals surface area contributed by atoms with Gasteiger partial charge in [0.25, 0.3) is 0 Å². The van der Waals surface area contributed by atoms with Crippen LogP contribution >= 0.6 is 15.9 Å². The number of halogens is 13. The molecule has 0 atom stereocenters. The van der Waals surface area contributed by atoms with E-state index in [1.165, 1.54) is 53.7 Å². The summed E-state index contributed by atoms with van der Waals surface area (Å²) in [4.78, 5) is 57.3. The molecule has 0 saturated heterocycles. The number of carboxylic acid groups (broad SMARTS) is 2. The molecule has 0 aliphatic heterocycles. The molecule has 0 fully saturated rings. The molecule has 6 N–H and O–H groups in total. The first-order valence-corrected chi connectivity index (χ1v) is 24.1. The van der Waals surface area contributed by atoms with Gasteiger partial charge in [-0.3, -0.25) is 0 Å². The Bertz CT molecular complexity index is 2800. The number of nitrogens with one attached hydrogen (secondary N) is 1. The number of hydrogen-bond acceptors (Lipinski definition) is 10. The minimum atomic E-state index is -4.71. The van der Waals surface area contributed by atoms with Crippen LogP contribution in [0.3, 0.4) is 0 Å². The maximum absolute atomic E-state index is 13.0. The zero-order valence-electron chi connectivity index (χ0n) is 46.0. The zero-order chi connectivity index (χ0) is 63.1. The Morgan fingerprint density at radius 2 is 0.691 bits per heavy atom. The van der Waals surface area contributed by atoms with E-state index in [9.17, 15) is 81.8 Å². The summed E-state index contributed by atoms with van der Waals surface area (Å²) in [5.41, 5.74) is -5.66. The molecule has 0 aromatic heterocycles. The lowest BCUT2D eigenvalue weighted by Gasteiger charge is -2.29. The van der Waals surface area contributed by atoms with Gasteiger partial charge in [0.15, 0.2) is 0 Å². The number of benzene rings is 4. The summed E-state index contributed by atoms with van der Waals surface area (Å²) in [6.07, 6.45) is -19.2. The number of rotatable bonds is 8. The fourth-order valence-electron chi connectivity index (χ4n) is 6.00. The third-order valence-electron chi connectivity index (χ3n) is 9.75. The van der Waals surface area contributed by atoms with Gasteiger partial charge in [-0.2, -0.15) is 52.7 Å². The van der Waals surface area contributed by atoms with Crippen LogP contribution in [0.5, 0.6) is 0 Å². The third-order valence-corrected chi connectivity index (χ3v) is 10.2. The van der Waals surface area contributed by atoms with Gasteiger partial charge in [0.2, 0.25) is 0 Å². The molecule has 1 amide bonds. The van der Waals surface area contributed by atoms with Gasteiger partial charge in [-0.1, -0.05) is 23.4 Å². The van der Waals surface area contributed by atoms with Crippen LogP contribution in [0, 0.1) is 0 Å². The number of carbonyl (C=O) groups excluding carboxylic acids is 3. The molecule has 0 unspecified atom stereocenters. The Kier molecular flexibility index (Phi) is 24.6. The van der Waals surface area contributed by atoms with E-state index in [1.54, 1.807) is 62.3 Å². The highest BCUT2D eigenvalue weighted by Crippen LogP contribution is 2.37. The monoisotopic (exact) mass is 1240 g/mol. The second-order valence-electron chi connectivity index (χ2n) is 22.3. The number of esters is 2. The summed E-state index contributed by atoms with van der Waals surface area (Å²) in [6, 6.07) is 10.8. The van der Waals surface area contributed by atoms with Gasteiger partial charge in [0.1, 0.15) is 16.8 Å². The van der Waals surface area contributed by atoms with E-state index in [-0.39, 0.29) is 39.7 Å². The highest BCUT2D eigenvalue weighted by molar-refractivity contribution is 9.10. The van der Waals surface area contributed by atoms with Crippen molar-refractivity contribution in [3.05, 3.63) is 138 Å². The van der Waals surface area contributed by atoms with Crippen molar-refractivity contribution in [1.82, 2.24) is 5.32 Å². The standard InChI is InChI=1S/C16H20F3NO4.C15H19F3O3.C12H12BrF3O2.C11H12F3NO2.CH4/c1-14(2,3)24-13(23)20-15(4,5)10-6-9(12(21)22)7-11(8-10)16(17,18)19;1-13(2,3)21-12(19)9-6-10(14(4,5)20)8-11(7-9)15(16,17)18;1-11(2,3)18-10(17)7-4-8(12(14,15)16)6-9(13)5-7;1-10(2,15)7-3-6(9(16)17)4-8(5-7)11(12,13)14;/h6-8H,1-5H3,(H,20,23)(H,21,22);6-8,20H,1-5H3;4-6H,1-3H3;3-5H,15H2,1-2H3,(H,16,17);1H4. The smallest absolute Gasteiger partial charge is 0.416 e. The Morgan fingerprint density at radius 1 is 0.420 bits per heavy atom. The molecule has 0 aliphatic rings. The molecule has 81 heavy (non-hydrogen) atoms. The number of aromatic carboxylic acids is 2. The molecule has 4 aromatic rings. The van der Waals surface area contributed by atoms with Crippen molar-refractivity contribution in [2.75, 3.05) is 0 Å². The van der Waals surface area contributed by atoms with Gasteiger partial charge in [-0.15, -0.1) is 0 Å². The summed E-state index contributed by atoms with van der Waals surface area (Å²) in [5.74, 6) is -4.55. The maximum atomic E-state index is 13.0. The normalized spacial score (nSPS) is 12.6. The van der Waals surface area contributed by atoms with E-state index in [4.69, 9.17) is 30.2 Å². The molecule has 0 spiro atoms. The number of aliphatic hydroxyl groups is 1. The average molecular weight is 1240 g/mol. The predicted molar refractivity (Wildman–Crippen MR) is 279 cm³/mol. The number of carboxylic acids is 2. The number of nitrogens with two attached hydrogens (primary N) is 1. The molecule has 13 nitrogen and oxygen atoms in total. The van der Waals surface area contributed by atoms with Crippen molar-refractivity contribution in [1.29, 1.82) is 0 Å². The molecule has 4 aromatic carbocycles. The van der Waals surface area contributed by atoms with Crippen molar-refractivity contribution in [3.63, 3.8) is 0 Å². The second kappa shape index (κ2) is 26.7. The van der Waals surface area contributed by atoms with E-state index in [0.29, 0.717) is 12.1 Å². The first kappa shape index (κ1) is 74.6. The lowest BCUT2D eigenvalue weighted by atomic mass is 9.91. The Morgan fingerprint density at radius 3 is 1.00 bits per heavy atom. The van der Waals surface area contributed by atoms with Crippen LogP contribution < -0.4 is 11.1 Å². The van der Waals surface area contributed by atoms with Gasteiger partial charge in [0, 0.05) is 10.0 Å². The van der Waals surface area contributed by atoms with Crippen LogP contribution in [-0.2, 0) is 55.6 Å². The molecular weight excluding hydrogens is 1170 g/mol.